The fraction of sp³-hybridized carbons (Fsp3) is 0.522. The van der Waals surface area contributed by atoms with E-state index in [1.54, 1.807) is 13.1 Å². The summed E-state index contributed by atoms with van der Waals surface area (Å²) in [6, 6.07) is 3.04. The van der Waals surface area contributed by atoms with E-state index in [4.69, 9.17) is 25.3 Å². The highest BCUT2D eigenvalue weighted by atomic mass is 19.1. The van der Waals surface area contributed by atoms with Crippen LogP contribution in [0.3, 0.4) is 0 Å². The molecular weight excluding hydrogens is 846 g/mol. The number of aromatic nitrogens is 9. The second kappa shape index (κ2) is 17.3. The van der Waals surface area contributed by atoms with Gasteiger partial charge in [0.25, 0.3) is 0 Å². The van der Waals surface area contributed by atoms with Crippen molar-refractivity contribution in [2.75, 3.05) is 67.9 Å². The van der Waals surface area contributed by atoms with E-state index in [2.05, 4.69) is 56.1 Å². The van der Waals surface area contributed by atoms with Crippen LogP contribution in [0, 0.1) is 5.82 Å². The third-order valence-corrected chi connectivity index (χ3v) is 13.4. The summed E-state index contributed by atoms with van der Waals surface area (Å²) >= 11 is 0. The fourth-order valence-electron chi connectivity index (χ4n) is 9.50. The summed E-state index contributed by atoms with van der Waals surface area (Å²) in [5.41, 5.74) is 10.3. The lowest BCUT2D eigenvalue weighted by molar-refractivity contribution is -0.135. The van der Waals surface area contributed by atoms with Crippen molar-refractivity contribution in [2.24, 2.45) is 7.05 Å². The Morgan fingerprint density at radius 2 is 1.65 bits per heavy atom. The van der Waals surface area contributed by atoms with Crippen molar-refractivity contribution >= 4 is 57.1 Å². The van der Waals surface area contributed by atoms with Crippen LogP contribution in [-0.2, 0) is 22.2 Å². The highest BCUT2D eigenvalue weighted by Crippen LogP contribution is 2.48. The Morgan fingerprint density at radius 1 is 0.909 bits per heavy atom. The Bertz CT molecular complexity index is 2810. The molecule has 3 saturated heterocycles. The lowest BCUT2D eigenvalue weighted by atomic mass is 9.93. The number of nitrogens with one attached hydrogen (secondary N) is 1. The molecule has 3 N–H and O–H groups in total. The van der Waals surface area contributed by atoms with E-state index < -0.39 is 6.03 Å². The van der Waals surface area contributed by atoms with E-state index in [0.717, 1.165) is 81.5 Å². The SMILES string of the molecule is Cn1nc(N2CCC(=O)NC2=O)c2ccc(N3CCN(CCCCCCCC(=O)N4CC(c5cnc(-c6c(-c7nn(C(C)(C)C)c8ncnc(N)c78)noc6C6CC6)nc5)C4)CC3)c(F)c21. The molecule has 1 saturated carbocycles. The lowest BCUT2D eigenvalue weighted by Gasteiger charge is -2.39. The van der Waals surface area contributed by atoms with Crippen molar-refractivity contribution in [1.29, 1.82) is 0 Å². The van der Waals surface area contributed by atoms with Crippen molar-refractivity contribution in [1.82, 2.24) is 59.8 Å². The second-order valence-corrected chi connectivity index (χ2v) is 19.1. The average Bonchev–Trinajstić information content (AvgIpc) is 3.74. The van der Waals surface area contributed by atoms with Gasteiger partial charge in [0.15, 0.2) is 28.9 Å². The first-order chi connectivity index (χ1) is 31.8. The van der Waals surface area contributed by atoms with Crippen LogP contribution in [0.1, 0.15) is 102 Å². The first-order valence-corrected chi connectivity index (χ1v) is 23.2. The standard InChI is InChI=1S/C46H56FN15O4/c1-46(2,3)62-44-35(41(48)51-26-52-44)37(54-62)38-34(40(66-56-38)27-11-12-27)42-49-22-28(23-50-42)29-24-60(25-29)33(64)10-8-6-5-7-9-16-58-18-20-59(21-19-58)31-14-13-30-39(36(31)47)57(4)55-43(30)61-17-15-32(63)53-45(61)65/h13-14,22-23,26-27,29H,5-12,15-21,24-25H2,1-4H3,(H2,48,51,52)(H,53,63,65). The molecule has 1 aromatic carbocycles. The molecule has 0 radical (unpaired) electrons. The summed E-state index contributed by atoms with van der Waals surface area (Å²) in [6.45, 7) is 11.8. The Kier molecular flexibility index (Phi) is 11.4. The number of piperazine rings is 1. The quantitative estimate of drug-likeness (QED) is 0.125. The zero-order valence-electron chi connectivity index (χ0n) is 38.0. The van der Waals surface area contributed by atoms with Crippen molar-refractivity contribution in [2.45, 2.75) is 95.9 Å². The molecule has 20 heteroatoms. The van der Waals surface area contributed by atoms with Crippen LogP contribution in [0.4, 0.5) is 26.5 Å². The number of carbonyl (C=O) groups is 3. The van der Waals surface area contributed by atoms with Gasteiger partial charge in [0.2, 0.25) is 11.8 Å². The number of fused-ring (bicyclic) bond motifs is 2. The minimum Gasteiger partial charge on any atom is -0.383 e. The van der Waals surface area contributed by atoms with Gasteiger partial charge in [-0.3, -0.25) is 29.4 Å². The minimum atomic E-state index is -0.544. The first kappa shape index (κ1) is 43.3. The number of nitrogens with zero attached hydrogens (tertiary/aromatic N) is 13. The van der Waals surface area contributed by atoms with Gasteiger partial charge >= 0.3 is 6.03 Å². The van der Waals surface area contributed by atoms with Gasteiger partial charge in [0.1, 0.15) is 29.0 Å². The monoisotopic (exact) mass is 901 g/mol. The lowest BCUT2D eigenvalue weighted by Crippen LogP contribution is -2.49. The number of rotatable bonds is 14. The molecule has 0 spiro atoms. The minimum absolute atomic E-state index is 0.169. The number of halogens is 1. The molecule has 6 aromatic rings. The number of benzene rings is 1. The zero-order chi connectivity index (χ0) is 45.9. The van der Waals surface area contributed by atoms with E-state index in [1.165, 1.54) is 15.9 Å². The van der Waals surface area contributed by atoms with Crippen LogP contribution in [-0.4, -0.2) is 125 Å². The smallest absolute Gasteiger partial charge is 0.329 e. The molecule has 0 bridgehead atoms. The largest absolute Gasteiger partial charge is 0.383 e. The van der Waals surface area contributed by atoms with Crippen molar-refractivity contribution < 1.29 is 23.3 Å². The van der Waals surface area contributed by atoms with Gasteiger partial charge < -0.3 is 20.1 Å². The van der Waals surface area contributed by atoms with Crippen LogP contribution < -0.4 is 20.9 Å². The van der Waals surface area contributed by atoms with Crippen molar-refractivity contribution in [3.8, 4) is 22.8 Å². The Hall–Kier alpha value is -6.57. The predicted molar refractivity (Wildman–Crippen MR) is 245 cm³/mol. The molecule has 19 nitrogen and oxygen atoms in total. The van der Waals surface area contributed by atoms with Crippen molar-refractivity contribution in [3.63, 3.8) is 0 Å². The van der Waals surface area contributed by atoms with Crippen molar-refractivity contribution in [3.05, 3.63) is 48.0 Å². The number of hydrogen-bond donors (Lipinski definition) is 2. The van der Waals surface area contributed by atoms with Gasteiger partial charge in [0.05, 0.1) is 22.2 Å². The second-order valence-electron chi connectivity index (χ2n) is 19.1. The number of nitrogens with two attached hydrogens (primary N) is 1. The van der Waals surface area contributed by atoms with Crippen LogP contribution in [0.5, 0.6) is 0 Å². The normalized spacial score (nSPS) is 17.6. The average molecular weight is 902 g/mol. The van der Waals surface area contributed by atoms with Gasteiger partial charge in [-0.15, -0.1) is 0 Å². The van der Waals surface area contributed by atoms with Gasteiger partial charge in [-0.2, -0.15) is 10.2 Å². The maximum atomic E-state index is 16.0. The summed E-state index contributed by atoms with van der Waals surface area (Å²) in [5.74, 6) is 1.86. The number of urea groups is 1. The van der Waals surface area contributed by atoms with Gasteiger partial charge in [-0.1, -0.05) is 24.4 Å². The van der Waals surface area contributed by atoms with E-state index in [1.807, 2.05) is 28.0 Å². The summed E-state index contributed by atoms with van der Waals surface area (Å²) in [6.07, 6.45) is 13.1. The highest BCUT2D eigenvalue weighted by molar-refractivity contribution is 6.09. The number of anilines is 3. The number of hydrogen-bond acceptors (Lipinski definition) is 14. The highest BCUT2D eigenvalue weighted by Gasteiger charge is 2.38. The number of unbranched alkanes of at least 4 members (excludes halogenated alkanes) is 4. The Morgan fingerprint density at radius 3 is 2.38 bits per heavy atom. The molecule has 4 aliphatic rings. The molecule has 4 amide bonds. The molecule has 10 rings (SSSR count). The molecule has 66 heavy (non-hydrogen) atoms. The Labute approximate surface area is 380 Å². The predicted octanol–water partition coefficient (Wildman–Crippen LogP) is 5.71. The van der Waals surface area contributed by atoms with E-state index in [0.29, 0.717) is 89.1 Å². The number of likely N-dealkylation sites (tertiary alicyclic amines) is 1. The number of aryl methyl sites for hydroxylation is 1. The molecule has 346 valence electrons. The summed E-state index contributed by atoms with van der Waals surface area (Å²) in [5, 5.41) is 17.4. The maximum absolute atomic E-state index is 16.0. The van der Waals surface area contributed by atoms with Gasteiger partial charge in [-0.05, 0) is 70.7 Å². The topological polar surface area (TPSA) is 215 Å². The van der Waals surface area contributed by atoms with Crippen LogP contribution in [0.15, 0.2) is 35.4 Å². The third-order valence-electron chi connectivity index (χ3n) is 13.4. The molecule has 0 unspecified atom stereocenters. The summed E-state index contributed by atoms with van der Waals surface area (Å²) in [4.78, 5) is 63.4. The van der Waals surface area contributed by atoms with Gasteiger partial charge in [0, 0.05) is 95.3 Å². The molecule has 4 fully saturated rings. The van der Waals surface area contributed by atoms with Crippen LogP contribution in [0.25, 0.3) is 44.7 Å². The van der Waals surface area contributed by atoms with E-state index in [9.17, 15) is 14.4 Å². The third kappa shape index (κ3) is 8.19. The fourth-order valence-corrected chi connectivity index (χ4v) is 9.50. The summed E-state index contributed by atoms with van der Waals surface area (Å²) in [7, 11) is 1.67. The van der Waals surface area contributed by atoms with Crippen LogP contribution in [0.2, 0.25) is 0 Å². The summed E-state index contributed by atoms with van der Waals surface area (Å²) < 4.78 is 25.3. The zero-order valence-corrected chi connectivity index (χ0v) is 38.0. The molecule has 0 atom stereocenters. The molecule has 5 aromatic heterocycles. The maximum Gasteiger partial charge on any atom is 0.329 e. The Balaban J connectivity index is 0.658. The van der Waals surface area contributed by atoms with Crippen LogP contribution >= 0.6 is 0 Å². The van der Waals surface area contributed by atoms with E-state index >= 15 is 4.39 Å². The molecule has 3 aliphatic heterocycles. The molecule has 1 aliphatic carbocycles. The van der Waals surface area contributed by atoms with E-state index in [-0.39, 0.29) is 48.0 Å². The first-order valence-electron chi connectivity index (χ1n) is 23.2. The molecule has 8 heterocycles. The number of nitrogen functional groups attached to an aromatic ring is 1. The number of amides is 4. The van der Waals surface area contributed by atoms with Gasteiger partial charge in [-0.25, -0.2) is 33.8 Å². The molecular formula is C46H56FN15O4. The number of imide groups is 1. The number of carbonyl (C=O) groups excluding carboxylic acids is 3.